The van der Waals surface area contributed by atoms with Crippen molar-refractivity contribution in [1.82, 2.24) is 0 Å². The number of Topliss-reactive ketones (excluding diaryl/α,β-unsaturated/α-hetero) is 2. The van der Waals surface area contributed by atoms with Crippen molar-refractivity contribution in [2.75, 3.05) is 0 Å². The van der Waals surface area contributed by atoms with Crippen LogP contribution in [0.2, 0.25) is 0 Å². The molecule has 2 atom stereocenters. The van der Waals surface area contributed by atoms with E-state index in [1.807, 2.05) is 43.3 Å². The van der Waals surface area contributed by atoms with Gasteiger partial charge in [-0.1, -0.05) is 48.5 Å². The van der Waals surface area contributed by atoms with E-state index in [0.717, 1.165) is 16.9 Å². The number of carbonyl (C=O) groups is 2. The van der Waals surface area contributed by atoms with E-state index < -0.39 is 6.10 Å². The molecule has 1 aliphatic rings. The lowest BCUT2D eigenvalue weighted by Gasteiger charge is -2.15. The molecule has 3 rings (SSSR count). The van der Waals surface area contributed by atoms with Crippen LogP contribution in [0.3, 0.4) is 0 Å². The van der Waals surface area contributed by atoms with Gasteiger partial charge in [0, 0.05) is 23.5 Å². The number of aryl methyl sites for hydroxylation is 1. The number of ketones is 2. The predicted molar refractivity (Wildman–Crippen MR) is 84.4 cm³/mol. The van der Waals surface area contributed by atoms with Crippen molar-refractivity contribution in [2.24, 2.45) is 0 Å². The van der Waals surface area contributed by atoms with Gasteiger partial charge in [0.2, 0.25) is 0 Å². The van der Waals surface area contributed by atoms with Crippen molar-refractivity contribution < 1.29 is 14.3 Å². The molecule has 22 heavy (non-hydrogen) atoms. The molecule has 0 fully saturated rings. The summed E-state index contributed by atoms with van der Waals surface area (Å²) in [4.78, 5) is 24.4. The minimum Gasteiger partial charge on any atom is -0.481 e. The minimum absolute atomic E-state index is 0.0369. The second-order valence-corrected chi connectivity index (χ2v) is 5.74. The summed E-state index contributed by atoms with van der Waals surface area (Å²) in [6, 6.07) is 15.0. The van der Waals surface area contributed by atoms with Crippen LogP contribution in [0.15, 0.2) is 48.5 Å². The molecule has 2 aromatic carbocycles. The van der Waals surface area contributed by atoms with Gasteiger partial charge in [0.05, 0.1) is 0 Å². The van der Waals surface area contributed by atoms with Crippen LogP contribution in [0.4, 0.5) is 0 Å². The number of hydrogen-bond acceptors (Lipinski definition) is 3. The van der Waals surface area contributed by atoms with E-state index in [9.17, 15) is 9.59 Å². The Hall–Kier alpha value is -2.42. The first-order valence-electron chi connectivity index (χ1n) is 7.43. The maximum Gasteiger partial charge on any atom is 0.170 e. The average molecular weight is 294 g/mol. The molecule has 0 N–H and O–H groups in total. The zero-order valence-electron chi connectivity index (χ0n) is 12.7. The standard InChI is InChI=1S/C19H18O3/c1-12-7-6-10-15-16(19(13(2)20)22-18(12)15)11-17(21)14-8-4-3-5-9-14/h3-10,16,19H,11H2,1-2H3/t16-,19-/m1/s1. The molecule has 1 aliphatic heterocycles. The van der Waals surface area contributed by atoms with Crippen LogP contribution in [0.1, 0.15) is 40.7 Å². The average Bonchev–Trinajstić information content (AvgIpc) is 2.89. The van der Waals surface area contributed by atoms with Gasteiger partial charge in [-0.05, 0) is 19.4 Å². The SMILES string of the molecule is CC(=O)[C@H]1Oc2c(C)cccc2[C@H]1CC(=O)c1ccccc1. The quantitative estimate of drug-likeness (QED) is 0.807. The molecular weight excluding hydrogens is 276 g/mol. The van der Waals surface area contributed by atoms with Gasteiger partial charge in [-0.3, -0.25) is 9.59 Å². The van der Waals surface area contributed by atoms with Gasteiger partial charge in [0.25, 0.3) is 0 Å². The Kier molecular flexibility index (Phi) is 3.80. The summed E-state index contributed by atoms with van der Waals surface area (Å²) in [5.41, 5.74) is 2.63. The second kappa shape index (κ2) is 5.76. The summed E-state index contributed by atoms with van der Waals surface area (Å²) in [6.45, 7) is 3.48. The van der Waals surface area contributed by atoms with Gasteiger partial charge in [-0.2, -0.15) is 0 Å². The third-order valence-electron chi connectivity index (χ3n) is 4.15. The van der Waals surface area contributed by atoms with Crippen LogP contribution in [0, 0.1) is 6.92 Å². The van der Waals surface area contributed by atoms with Crippen LogP contribution >= 0.6 is 0 Å². The number of rotatable bonds is 4. The van der Waals surface area contributed by atoms with E-state index in [0.29, 0.717) is 5.56 Å². The van der Waals surface area contributed by atoms with Crippen LogP contribution in [0.5, 0.6) is 5.75 Å². The molecule has 0 amide bonds. The van der Waals surface area contributed by atoms with E-state index in [2.05, 4.69) is 0 Å². The molecule has 0 radical (unpaired) electrons. The molecule has 3 heteroatoms. The van der Waals surface area contributed by atoms with E-state index >= 15 is 0 Å². The van der Waals surface area contributed by atoms with Gasteiger partial charge < -0.3 is 4.74 Å². The van der Waals surface area contributed by atoms with Crippen molar-refractivity contribution in [3.63, 3.8) is 0 Å². The zero-order chi connectivity index (χ0) is 15.7. The largest absolute Gasteiger partial charge is 0.481 e. The molecule has 0 saturated heterocycles. The molecule has 3 nitrogen and oxygen atoms in total. The Morgan fingerprint density at radius 3 is 2.45 bits per heavy atom. The third-order valence-corrected chi connectivity index (χ3v) is 4.15. The van der Waals surface area contributed by atoms with E-state index in [1.165, 1.54) is 6.92 Å². The number of hydrogen-bond donors (Lipinski definition) is 0. The van der Waals surface area contributed by atoms with Crippen LogP contribution in [0.25, 0.3) is 0 Å². The lowest BCUT2D eigenvalue weighted by Crippen LogP contribution is -2.28. The molecule has 112 valence electrons. The smallest absolute Gasteiger partial charge is 0.170 e. The first-order valence-corrected chi connectivity index (χ1v) is 7.43. The molecule has 0 aromatic heterocycles. The van der Waals surface area contributed by atoms with Crippen molar-refractivity contribution in [3.8, 4) is 5.75 Å². The van der Waals surface area contributed by atoms with Crippen LogP contribution in [-0.2, 0) is 4.79 Å². The maximum absolute atomic E-state index is 12.5. The van der Waals surface area contributed by atoms with Gasteiger partial charge in [0.1, 0.15) is 5.75 Å². The van der Waals surface area contributed by atoms with E-state index in [-0.39, 0.29) is 23.9 Å². The minimum atomic E-state index is -0.566. The highest BCUT2D eigenvalue weighted by Crippen LogP contribution is 2.42. The number of benzene rings is 2. The summed E-state index contributed by atoms with van der Waals surface area (Å²) in [5, 5.41) is 0. The molecule has 0 saturated carbocycles. The van der Waals surface area contributed by atoms with E-state index in [4.69, 9.17) is 4.74 Å². The van der Waals surface area contributed by atoms with Crippen LogP contribution in [-0.4, -0.2) is 17.7 Å². The maximum atomic E-state index is 12.5. The Balaban J connectivity index is 1.92. The fourth-order valence-electron chi connectivity index (χ4n) is 3.03. The fourth-order valence-corrected chi connectivity index (χ4v) is 3.03. The Morgan fingerprint density at radius 1 is 1.05 bits per heavy atom. The van der Waals surface area contributed by atoms with Crippen molar-refractivity contribution in [1.29, 1.82) is 0 Å². The highest BCUT2D eigenvalue weighted by Gasteiger charge is 2.39. The summed E-state index contributed by atoms with van der Waals surface area (Å²) in [5.74, 6) is 0.546. The predicted octanol–water partition coefficient (Wildman–Crippen LogP) is 3.70. The molecule has 2 aromatic rings. The Labute approximate surface area is 129 Å². The van der Waals surface area contributed by atoms with Gasteiger partial charge in [0.15, 0.2) is 17.7 Å². The topological polar surface area (TPSA) is 43.4 Å². The molecular formula is C19H18O3. The van der Waals surface area contributed by atoms with Gasteiger partial charge in [-0.15, -0.1) is 0 Å². The highest BCUT2D eigenvalue weighted by molar-refractivity contribution is 5.97. The van der Waals surface area contributed by atoms with Crippen molar-refractivity contribution in [3.05, 3.63) is 65.2 Å². The number of carbonyl (C=O) groups excluding carboxylic acids is 2. The second-order valence-electron chi connectivity index (χ2n) is 5.74. The fraction of sp³-hybridized carbons (Fsp3) is 0.263. The summed E-state index contributed by atoms with van der Waals surface area (Å²) in [6.07, 6.45) is -0.284. The van der Waals surface area contributed by atoms with Gasteiger partial charge >= 0.3 is 0 Å². The normalized spacial score (nSPS) is 19.4. The number of fused-ring (bicyclic) bond motifs is 1. The lowest BCUT2D eigenvalue weighted by molar-refractivity contribution is -0.123. The number of para-hydroxylation sites is 1. The monoisotopic (exact) mass is 294 g/mol. The highest BCUT2D eigenvalue weighted by atomic mass is 16.5. The van der Waals surface area contributed by atoms with Crippen molar-refractivity contribution >= 4 is 11.6 Å². The lowest BCUT2D eigenvalue weighted by atomic mass is 9.87. The summed E-state index contributed by atoms with van der Waals surface area (Å²) < 4.78 is 5.85. The first-order chi connectivity index (χ1) is 10.6. The summed E-state index contributed by atoms with van der Waals surface area (Å²) >= 11 is 0. The molecule has 0 spiro atoms. The molecule has 0 unspecified atom stereocenters. The Morgan fingerprint density at radius 2 is 1.77 bits per heavy atom. The zero-order valence-corrected chi connectivity index (χ0v) is 12.7. The summed E-state index contributed by atoms with van der Waals surface area (Å²) in [7, 11) is 0. The molecule has 1 heterocycles. The van der Waals surface area contributed by atoms with Crippen LogP contribution < -0.4 is 4.74 Å². The Bertz CT molecular complexity index is 719. The van der Waals surface area contributed by atoms with Crippen molar-refractivity contribution in [2.45, 2.75) is 32.3 Å². The third kappa shape index (κ3) is 2.54. The number of ether oxygens (including phenoxy) is 1. The van der Waals surface area contributed by atoms with Gasteiger partial charge in [-0.25, -0.2) is 0 Å². The molecule has 0 bridgehead atoms. The van der Waals surface area contributed by atoms with E-state index in [1.54, 1.807) is 12.1 Å². The first kappa shape index (κ1) is 14.5. The molecule has 0 aliphatic carbocycles.